The van der Waals surface area contributed by atoms with Crippen LogP contribution in [0.3, 0.4) is 0 Å². The first-order valence-corrected chi connectivity index (χ1v) is 6.21. The van der Waals surface area contributed by atoms with Crippen molar-refractivity contribution < 1.29 is 4.74 Å². The van der Waals surface area contributed by atoms with Gasteiger partial charge >= 0.3 is 0 Å². The average Bonchev–Trinajstić information content (AvgIpc) is 2.47. The molecule has 0 atom stereocenters. The number of anilines is 1. The van der Waals surface area contributed by atoms with Crippen LogP contribution in [0.4, 0.5) is 11.4 Å². The van der Waals surface area contributed by atoms with Crippen LogP contribution in [0, 0.1) is 4.91 Å². The summed E-state index contributed by atoms with van der Waals surface area (Å²) in [5.74, 6) is 0.715. The highest BCUT2D eigenvalue weighted by Crippen LogP contribution is 2.29. The van der Waals surface area contributed by atoms with Crippen molar-refractivity contribution in [2.75, 3.05) is 11.9 Å². The second-order valence-corrected chi connectivity index (χ2v) is 4.07. The Labute approximate surface area is 112 Å². The number of rotatable bonds is 6. The lowest BCUT2D eigenvalue weighted by Gasteiger charge is -2.10. The Morgan fingerprint density at radius 3 is 2.63 bits per heavy atom. The fraction of sp³-hybridized carbons (Fsp3) is 0.200. The van der Waals surface area contributed by atoms with E-state index in [0.29, 0.717) is 23.7 Å². The molecule has 0 saturated carbocycles. The molecule has 0 unspecified atom stereocenters. The molecule has 19 heavy (non-hydrogen) atoms. The van der Waals surface area contributed by atoms with Gasteiger partial charge in [0, 0.05) is 12.6 Å². The number of nitroso groups, excluding NO2 is 1. The van der Waals surface area contributed by atoms with Crippen LogP contribution in [-0.2, 0) is 6.61 Å². The van der Waals surface area contributed by atoms with E-state index in [4.69, 9.17) is 4.74 Å². The molecule has 0 radical (unpaired) electrons. The maximum atomic E-state index is 10.7. The predicted molar refractivity (Wildman–Crippen MR) is 76.8 cm³/mol. The minimum Gasteiger partial charge on any atom is -0.489 e. The van der Waals surface area contributed by atoms with Crippen LogP contribution in [0.15, 0.2) is 53.7 Å². The fourth-order valence-corrected chi connectivity index (χ4v) is 1.76. The normalized spacial score (nSPS) is 9.95. The van der Waals surface area contributed by atoms with Gasteiger partial charge in [0.05, 0.1) is 5.69 Å². The van der Waals surface area contributed by atoms with Crippen molar-refractivity contribution >= 4 is 11.4 Å². The van der Waals surface area contributed by atoms with Gasteiger partial charge in [0.2, 0.25) is 0 Å². The molecular weight excluding hydrogens is 240 g/mol. The molecule has 98 valence electrons. The van der Waals surface area contributed by atoms with E-state index in [1.165, 1.54) is 0 Å². The van der Waals surface area contributed by atoms with E-state index in [2.05, 4.69) is 10.5 Å². The Balaban J connectivity index is 2.08. The zero-order chi connectivity index (χ0) is 13.5. The molecule has 2 rings (SSSR count). The second-order valence-electron chi connectivity index (χ2n) is 4.07. The van der Waals surface area contributed by atoms with Crippen LogP contribution < -0.4 is 10.1 Å². The van der Waals surface area contributed by atoms with Crippen LogP contribution in [-0.4, -0.2) is 6.54 Å². The fourth-order valence-electron chi connectivity index (χ4n) is 1.76. The lowest BCUT2D eigenvalue weighted by molar-refractivity contribution is 0.306. The van der Waals surface area contributed by atoms with E-state index in [1.807, 2.05) is 37.3 Å². The molecule has 0 fully saturated rings. The Hall–Kier alpha value is -2.36. The molecule has 0 saturated heterocycles. The number of hydrogen-bond acceptors (Lipinski definition) is 4. The maximum absolute atomic E-state index is 10.7. The van der Waals surface area contributed by atoms with Crippen molar-refractivity contribution in [3.05, 3.63) is 59.0 Å². The topological polar surface area (TPSA) is 50.7 Å². The zero-order valence-corrected chi connectivity index (χ0v) is 10.8. The summed E-state index contributed by atoms with van der Waals surface area (Å²) in [6, 6.07) is 15.1. The van der Waals surface area contributed by atoms with Crippen molar-refractivity contribution in [1.29, 1.82) is 0 Å². The number of ether oxygens (including phenoxy) is 1. The molecule has 0 aliphatic carbocycles. The lowest BCUT2D eigenvalue weighted by Crippen LogP contribution is -1.99. The molecule has 2 aromatic carbocycles. The molecule has 4 nitrogen and oxygen atoms in total. The minimum atomic E-state index is 0.397. The largest absolute Gasteiger partial charge is 0.489 e. The van der Waals surface area contributed by atoms with E-state index < -0.39 is 0 Å². The van der Waals surface area contributed by atoms with Crippen LogP contribution in [0.2, 0.25) is 0 Å². The zero-order valence-electron chi connectivity index (χ0n) is 10.8. The van der Waals surface area contributed by atoms with Gasteiger partial charge < -0.3 is 10.1 Å². The molecule has 4 heteroatoms. The van der Waals surface area contributed by atoms with Gasteiger partial charge in [-0.25, -0.2) is 0 Å². The Morgan fingerprint density at radius 2 is 1.95 bits per heavy atom. The molecule has 2 aromatic rings. The summed E-state index contributed by atoms with van der Waals surface area (Å²) in [6.07, 6.45) is 0. The SMILES string of the molecule is CCNc1cc(OCc2ccccc2)ccc1N=O. The summed E-state index contributed by atoms with van der Waals surface area (Å²) in [5.41, 5.74) is 2.20. The number of nitrogens with zero attached hydrogens (tertiary/aromatic N) is 1. The van der Waals surface area contributed by atoms with Gasteiger partial charge in [-0.05, 0) is 29.8 Å². The molecule has 0 heterocycles. The van der Waals surface area contributed by atoms with Crippen molar-refractivity contribution in [1.82, 2.24) is 0 Å². The predicted octanol–water partition coefficient (Wildman–Crippen LogP) is 4.10. The van der Waals surface area contributed by atoms with E-state index in [1.54, 1.807) is 18.2 Å². The summed E-state index contributed by atoms with van der Waals surface area (Å²) in [7, 11) is 0. The monoisotopic (exact) mass is 256 g/mol. The highest BCUT2D eigenvalue weighted by Gasteiger charge is 2.04. The second kappa shape index (κ2) is 6.54. The van der Waals surface area contributed by atoms with Gasteiger partial charge in [-0.15, -0.1) is 4.91 Å². The highest BCUT2D eigenvalue weighted by molar-refractivity contribution is 5.67. The first kappa shape index (κ1) is 13.1. The number of hydrogen-bond donors (Lipinski definition) is 1. The summed E-state index contributed by atoms with van der Waals surface area (Å²) in [4.78, 5) is 10.7. The first-order chi connectivity index (χ1) is 9.33. The summed E-state index contributed by atoms with van der Waals surface area (Å²) >= 11 is 0. The van der Waals surface area contributed by atoms with Crippen molar-refractivity contribution in [3.63, 3.8) is 0 Å². The van der Waals surface area contributed by atoms with Gasteiger partial charge in [-0.1, -0.05) is 30.3 Å². The van der Waals surface area contributed by atoms with Crippen LogP contribution in [0.5, 0.6) is 5.75 Å². The van der Waals surface area contributed by atoms with E-state index >= 15 is 0 Å². The third-order valence-electron chi connectivity index (χ3n) is 2.68. The van der Waals surface area contributed by atoms with E-state index in [9.17, 15) is 4.91 Å². The third-order valence-corrected chi connectivity index (χ3v) is 2.68. The molecule has 0 aromatic heterocycles. The van der Waals surface area contributed by atoms with E-state index in [-0.39, 0.29) is 0 Å². The van der Waals surface area contributed by atoms with Crippen molar-refractivity contribution in [3.8, 4) is 5.75 Å². The van der Waals surface area contributed by atoms with Crippen LogP contribution >= 0.6 is 0 Å². The molecule has 0 spiro atoms. The van der Waals surface area contributed by atoms with Crippen molar-refractivity contribution in [2.45, 2.75) is 13.5 Å². The quantitative estimate of drug-likeness (QED) is 0.792. The molecule has 0 aliphatic rings. The standard InChI is InChI=1S/C15H16N2O2/c1-2-16-15-10-13(8-9-14(15)17-18)19-11-12-6-4-3-5-7-12/h3-10,16H,2,11H2,1H3. The Kier molecular flexibility index (Phi) is 4.50. The van der Waals surface area contributed by atoms with Crippen molar-refractivity contribution in [2.24, 2.45) is 5.18 Å². The summed E-state index contributed by atoms with van der Waals surface area (Å²) in [6.45, 7) is 3.19. The first-order valence-electron chi connectivity index (χ1n) is 6.21. The minimum absolute atomic E-state index is 0.397. The van der Waals surface area contributed by atoms with Gasteiger partial charge in [-0.2, -0.15) is 0 Å². The summed E-state index contributed by atoms with van der Waals surface area (Å²) in [5, 5.41) is 6.07. The molecule has 0 aliphatic heterocycles. The number of benzene rings is 2. The van der Waals surface area contributed by atoms with Crippen LogP contribution in [0.1, 0.15) is 12.5 Å². The molecular formula is C15H16N2O2. The number of nitrogens with one attached hydrogen (secondary N) is 1. The van der Waals surface area contributed by atoms with Gasteiger partial charge in [-0.3, -0.25) is 0 Å². The molecule has 0 bridgehead atoms. The smallest absolute Gasteiger partial charge is 0.131 e. The van der Waals surface area contributed by atoms with Crippen LogP contribution in [0.25, 0.3) is 0 Å². The highest BCUT2D eigenvalue weighted by atomic mass is 16.5. The van der Waals surface area contributed by atoms with Gasteiger partial charge in [0.15, 0.2) is 0 Å². The van der Waals surface area contributed by atoms with Gasteiger partial charge in [0.1, 0.15) is 18.0 Å². The molecule has 1 N–H and O–H groups in total. The summed E-state index contributed by atoms with van der Waals surface area (Å²) < 4.78 is 5.69. The van der Waals surface area contributed by atoms with E-state index in [0.717, 1.165) is 12.1 Å². The van der Waals surface area contributed by atoms with Gasteiger partial charge in [0.25, 0.3) is 0 Å². The average molecular weight is 256 g/mol. The molecule has 0 amide bonds. The maximum Gasteiger partial charge on any atom is 0.131 e. The Bertz CT molecular complexity index is 541. The third kappa shape index (κ3) is 3.55. The lowest BCUT2D eigenvalue weighted by atomic mass is 10.2. The Morgan fingerprint density at radius 1 is 1.16 bits per heavy atom.